The number of anilines is 1. The maximum Gasteiger partial charge on any atom is 0.142 e. The summed E-state index contributed by atoms with van der Waals surface area (Å²) in [4.78, 5) is 2.35. The molecule has 1 aromatic rings. The molecule has 2 rings (SSSR count). The van der Waals surface area contributed by atoms with Gasteiger partial charge in [0.2, 0.25) is 0 Å². The third kappa shape index (κ3) is 2.76. The molecule has 18 heavy (non-hydrogen) atoms. The number of aliphatic hydroxyl groups excluding tert-OH is 1. The van der Waals surface area contributed by atoms with Gasteiger partial charge in [0.1, 0.15) is 5.75 Å². The molecule has 1 saturated heterocycles. The zero-order valence-corrected chi connectivity index (χ0v) is 11.1. The first kappa shape index (κ1) is 13.2. The van der Waals surface area contributed by atoms with Gasteiger partial charge >= 0.3 is 0 Å². The van der Waals surface area contributed by atoms with Crippen molar-refractivity contribution in [2.75, 3.05) is 38.3 Å². The zero-order valence-electron chi connectivity index (χ0n) is 11.1. The molecule has 1 fully saturated rings. The highest BCUT2D eigenvalue weighted by molar-refractivity contribution is 5.61. The summed E-state index contributed by atoms with van der Waals surface area (Å²) in [5.74, 6) is 0.908. The van der Waals surface area contributed by atoms with E-state index < -0.39 is 0 Å². The van der Waals surface area contributed by atoms with Crippen LogP contribution in [0.25, 0.3) is 0 Å². The van der Waals surface area contributed by atoms with Gasteiger partial charge in [-0.15, -0.1) is 0 Å². The van der Waals surface area contributed by atoms with Crippen molar-refractivity contribution in [2.24, 2.45) is 0 Å². The monoisotopic (exact) mass is 250 g/mol. The van der Waals surface area contributed by atoms with Gasteiger partial charge in [-0.3, -0.25) is 0 Å². The minimum atomic E-state index is 0.219. The van der Waals surface area contributed by atoms with E-state index in [1.807, 2.05) is 6.07 Å². The summed E-state index contributed by atoms with van der Waals surface area (Å²) in [7, 11) is 1.71. The summed E-state index contributed by atoms with van der Waals surface area (Å²) in [6.07, 6.45) is 0.782. The Morgan fingerprint density at radius 3 is 3.06 bits per heavy atom. The van der Waals surface area contributed by atoms with E-state index in [2.05, 4.69) is 29.3 Å². The van der Waals surface area contributed by atoms with E-state index in [4.69, 9.17) is 4.74 Å². The Hall–Kier alpha value is -1.26. The van der Waals surface area contributed by atoms with Gasteiger partial charge in [-0.2, -0.15) is 0 Å². The van der Waals surface area contributed by atoms with Crippen LogP contribution in [0, 0.1) is 6.92 Å². The Morgan fingerprint density at radius 2 is 2.33 bits per heavy atom. The van der Waals surface area contributed by atoms with Crippen LogP contribution < -0.4 is 15.0 Å². The number of methoxy groups -OCH3 is 1. The Bertz CT molecular complexity index is 393. The van der Waals surface area contributed by atoms with E-state index in [1.165, 1.54) is 5.56 Å². The van der Waals surface area contributed by atoms with Crippen molar-refractivity contribution in [3.05, 3.63) is 23.8 Å². The van der Waals surface area contributed by atoms with Crippen LogP contribution in [0.4, 0.5) is 5.69 Å². The number of hydrogen-bond donors (Lipinski definition) is 2. The predicted octanol–water partition coefficient (Wildman–Crippen LogP) is 1.16. The average molecular weight is 250 g/mol. The number of benzene rings is 1. The molecule has 0 bridgehead atoms. The lowest BCUT2D eigenvalue weighted by Gasteiger charge is -2.38. The fourth-order valence-corrected chi connectivity index (χ4v) is 2.51. The molecule has 0 radical (unpaired) electrons. The van der Waals surface area contributed by atoms with E-state index in [1.54, 1.807) is 7.11 Å². The maximum absolute atomic E-state index is 9.18. The smallest absolute Gasteiger partial charge is 0.142 e. The minimum absolute atomic E-state index is 0.219. The molecule has 1 atom stereocenters. The van der Waals surface area contributed by atoms with Crippen LogP contribution in [-0.2, 0) is 0 Å². The van der Waals surface area contributed by atoms with Crippen molar-refractivity contribution in [1.29, 1.82) is 0 Å². The van der Waals surface area contributed by atoms with E-state index in [0.29, 0.717) is 6.04 Å². The molecule has 0 aliphatic carbocycles. The van der Waals surface area contributed by atoms with Crippen molar-refractivity contribution < 1.29 is 9.84 Å². The molecule has 1 heterocycles. The quantitative estimate of drug-likeness (QED) is 0.842. The van der Waals surface area contributed by atoms with Gasteiger partial charge in [-0.05, 0) is 31.0 Å². The average Bonchev–Trinajstić information content (AvgIpc) is 2.40. The number of piperazine rings is 1. The fourth-order valence-electron chi connectivity index (χ4n) is 2.51. The molecule has 0 saturated carbocycles. The lowest BCUT2D eigenvalue weighted by atomic mass is 10.1. The first-order valence-corrected chi connectivity index (χ1v) is 6.49. The van der Waals surface area contributed by atoms with Crippen LogP contribution in [0.15, 0.2) is 18.2 Å². The SMILES string of the molecule is COc1ccc(C)cc1N1CCNCC1CCO. The summed E-state index contributed by atoms with van der Waals surface area (Å²) >= 11 is 0. The normalized spacial score (nSPS) is 19.9. The first-order chi connectivity index (χ1) is 8.76. The van der Waals surface area contributed by atoms with E-state index in [0.717, 1.165) is 37.5 Å². The molecule has 1 aromatic carbocycles. The number of aryl methyl sites for hydroxylation is 1. The van der Waals surface area contributed by atoms with Crippen molar-refractivity contribution >= 4 is 5.69 Å². The van der Waals surface area contributed by atoms with Gasteiger partial charge in [0.15, 0.2) is 0 Å². The van der Waals surface area contributed by atoms with Gasteiger partial charge in [-0.1, -0.05) is 6.07 Å². The molecule has 1 unspecified atom stereocenters. The highest BCUT2D eigenvalue weighted by atomic mass is 16.5. The standard InChI is InChI=1S/C14H22N2O2/c1-11-3-4-14(18-2)13(9-11)16-7-6-15-10-12(16)5-8-17/h3-4,9,12,15,17H,5-8,10H2,1-2H3. The summed E-state index contributed by atoms with van der Waals surface area (Å²) in [5.41, 5.74) is 2.37. The first-order valence-electron chi connectivity index (χ1n) is 6.49. The molecule has 1 aliphatic heterocycles. The molecule has 4 heteroatoms. The molecule has 0 amide bonds. The number of aliphatic hydroxyl groups is 1. The second-order valence-electron chi connectivity index (χ2n) is 4.74. The molecule has 100 valence electrons. The van der Waals surface area contributed by atoms with Gasteiger partial charge in [0.25, 0.3) is 0 Å². The van der Waals surface area contributed by atoms with E-state index >= 15 is 0 Å². The highest BCUT2D eigenvalue weighted by Gasteiger charge is 2.24. The van der Waals surface area contributed by atoms with Gasteiger partial charge in [-0.25, -0.2) is 0 Å². The topological polar surface area (TPSA) is 44.7 Å². The highest BCUT2D eigenvalue weighted by Crippen LogP contribution is 2.31. The van der Waals surface area contributed by atoms with Crippen LogP contribution >= 0.6 is 0 Å². The van der Waals surface area contributed by atoms with Crippen LogP contribution in [-0.4, -0.2) is 44.5 Å². The van der Waals surface area contributed by atoms with Gasteiger partial charge in [0.05, 0.1) is 12.8 Å². The van der Waals surface area contributed by atoms with E-state index in [-0.39, 0.29) is 6.61 Å². The van der Waals surface area contributed by atoms with Gasteiger partial charge in [0, 0.05) is 32.3 Å². The molecule has 4 nitrogen and oxygen atoms in total. The molecular weight excluding hydrogens is 228 g/mol. The summed E-state index contributed by atoms with van der Waals surface area (Å²) < 4.78 is 5.46. The minimum Gasteiger partial charge on any atom is -0.495 e. The third-order valence-electron chi connectivity index (χ3n) is 3.46. The largest absolute Gasteiger partial charge is 0.495 e. The predicted molar refractivity (Wildman–Crippen MR) is 73.4 cm³/mol. The number of ether oxygens (including phenoxy) is 1. The Kier molecular flexibility index (Phi) is 4.44. The van der Waals surface area contributed by atoms with Crippen molar-refractivity contribution in [3.8, 4) is 5.75 Å². The number of nitrogens with one attached hydrogen (secondary N) is 1. The second-order valence-corrected chi connectivity index (χ2v) is 4.74. The number of nitrogens with zero attached hydrogens (tertiary/aromatic N) is 1. The Balaban J connectivity index is 2.29. The number of hydrogen-bond acceptors (Lipinski definition) is 4. The molecule has 1 aliphatic rings. The van der Waals surface area contributed by atoms with Crippen LogP contribution in [0.1, 0.15) is 12.0 Å². The lowest BCUT2D eigenvalue weighted by molar-refractivity contribution is 0.265. The molecule has 0 aromatic heterocycles. The Labute approximate surface area is 109 Å². The fraction of sp³-hybridized carbons (Fsp3) is 0.571. The third-order valence-corrected chi connectivity index (χ3v) is 3.46. The summed E-state index contributed by atoms with van der Waals surface area (Å²) in [6.45, 7) is 5.14. The summed E-state index contributed by atoms with van der Waals surface area (Å²) in [5, 5.41) is 12.6. The van der Waals surface area contributed by atoms with Crippen LogP contribution in [0.5, 0.6) is 5.75 Å². The van der Waals surface area contributed by atoms with Gasteiger partial charge < -0.3 is 20.1 Å². The van der Waals surface area contributed by atoms with Crippen LogP contribution in [0.3, 0.4) is 0 Å². The van der Waals surface area contributed by atoms with E-state index in [9.17, 15) is 5.11 Å². The van der Waals surface area contributed by atoms with Crippen molar-refractivity contribution in [1.82, 2.24) is 5.32 Å². The van der Waals surface area contributed by atoms with Crippen molar-refractivity contribution in [3.63, 3.8) is 0 Å². The molecule has 2 N–H and O–H groups in total. The zero-order chi connectivity index (χ0) is 13.0. The van der Waals surface area contributed by atoms with Crippen molar-refractivity contribution in [2.45, 2.75) is 19.4 Å². The Morgan fingerprint density at radius 1 is 1.50 bits per heavy atom. The number of rotatable bonds is 4. The molecular formula is C14H22N2O2. The lowest BCUT2D eigenvalue weighted by Crippen LogP contribution is -2.51. The maximum atomic E-state index is 9.18. The summed E-state index contributed by atoms with van der Waals surface area (Å²) in [6, 6.07) is 6.57. The second kappa shape index (κ2) is 6.07. The molecule has 0 spiro atoms. The van der Waals surface area contributed by atoms with Crippen LogP contribution in [0.2, 0.25) is 0 Å².